The van der Waals surface area contributed by atoms with Crippen molar-refractivity contribution in [3.8, 4) is 11.5 Å². The van der Waals surface area contributed by atoms with E-state index < -0.39 is 5.60 Å². The molecule has 5 heterocycles. The van der Waals surface area contributed by atoms with E-state index in [1.807, 2.05) is 101 Å². The molecule has 0 saturated carbocycles. The van der Waals surface area contributed by atoms with Crippen molar-refractivity contribution in [1.82, 2.24) is 29.3 Å². The van der Waals surface area contributed by atoms with Crippen LogP contribution in [0.4, 0.5) is 5.82 Å². The Morgan fingerprint density at radius 1 is 0.886 bits per heavy atom. The highest BCUT2D eigenvalue weighted by Gasteiger charge is 2.38. The lowest BCUT2D eigenvalue weighted by Gasteiger charge is -2.39. The third-order valence-corrected chi connectivity index (χ3v) is 7.86. The zero-order valence-electron chi connectivity index (χ0n) is 29.0. The summed E-state index contributed by atoms with van der Waals surface area (Å²) >= 11 is 0. The first-order chi connectivity index (χ1) is 21.1. The summed E-state index contributed by atoms with van der Waals surface area (Å²) in [5.41, 5.74) is 1.58. The number of aliphatic hydroxyl groups is 1. The molecule has 2 saturated heterocycles. The van der Waals surface area contributed by atoms with Crippen molar-refractivity contribution in [1.29, 1.82) is 0 Å². The fourth-order valence-corrected chi connectivity index (χ4v) is 5.25. The van der Waals surface area contributed by atoms with Gasteiger partial charge in [-0.2, -0.15) is 0 Å². The number of carbonyl (C=O) groups is 1. The van der Waals surface area contributed by atoms with Gasteiger partial charge in [0, 0.05) is 64.9 Å². The minimum absolute atomic E-state index is 0.0346. The van der Waals surface area contributed by atoms with Gasteiger partial charge in [-0.15, -0.1) is 0 Å². The molecule has 2 aliphatic rings. The summed E-state index contributed by atoms with van der Waals surface area (Å²) in [7, 11) is 1.93. The number of hydrogen-bond acceptors (Lipinski definition) is 7. The van der Waals surface area contributed by atoms with Gasteiger partial charge in [0.1, 0.15) is 17.1 Å². The van der Waals surface area contributed by atoms with Crippen molar-refractivity contribution in [2.75, 3.05) is 50.7 Å². The second kappa shape index (κ2) is 17.3. The van der Waals surface area contributed by atoms with Gasteiger partial charge in [0.2, 0.25) is 5.91 Å². The van der Waals surface area contributed by atoms with Crippen LogP contribution in [0.2, 0.25) is 0 Å². The number of imidazole rings is 1. The van der Waals surface area contributed by atoms with Gasteiger partial charge < -0.3 is 19.5 Å². The Bertz CT molecular complexity index is 1240. The number of aromatic nitrogens is 4. The number of amides is 1. The van der Waals surface area contributed by atoms with Crippen molar-refractivity contribution in [2.45, 2.75) is 86.2 Å². The molecule has 0 aromatic carbocycles. The molecular weight excluding hydrogens is 550 g/mol. The van der Waals surface area contributed by atoms with Crippen LogP contribution >= 0.6 is 0 Å². The van der Waals surface area contributed by atoms with Crippen molar-refractivity contribution in [2.24, 2.45) is 7.05 Å². The molecule has 9 nitrogen and oxygen atoms in total. The first-order valence-electron chi connectivity index (χ1n) is 16.5. The molecule has 2 fully saturated rings. The predicted molar refractivity (Wildman–Crippen MR) is 182 cm³/mol. The summed E-state index contributed by atoms with van der Waals surface area (Å²) in [6.45, 7) is 23.3. The smallest absolute Gasteiger partial charge is 0.236 e. The molecule has 3 aromatic rings. The van der Waals surface area contributed by atoms with Crippen LogP contribution in [-0.2, 0) is 22.9 Å². The molecule has 5 rings (SSSR count). The molecule has 0 bridgehead atoms. The van der Waals surface area contributed by atoms with Crippen LogP contribution in [0.5, 0.6) is 0 Å². The Labute approximate surface area is 266 Å². The number of piperazine rings is 1. The first kappa shape index (κ1) is 36.9. The van der Waals surface area contributed by atoms with Gasteiger partial charge in [0.15, 0.2) is 5.82 Å². The number of hydrogen-bond donors (Lipinski definition) is 1. The van der Waals surface area contributed by atoms with E-state index in [1.165, 1.54) is 5.56 Å². The molecule has 1 amide bonds. The Morgan fingerprint density at radius 2 is 1.52 bits per heavy atom. The monoisotopic (exact) mass is 607 g/mol. The fraction of sp³-hybridized carbons (Fsp3) is 0.600. The molecule has 0 aliphatic carbocycles. The van der Waals surface area contributed by atoms with Gasteiger partial charge in [-0.25, -0.2) is 9.97 Å². The maximum atomic E-state index is 13.1. The topological polar surface area (TPSA) is 90.6 Å². The average molecular weight is 608 g/mol. The van der Waals surface area contributed by atoms with Crippen LogP contribution in [0.3, 0.4) is 0 Å². The van der Waals surface area contributed by atoms with Gasteiger partial charge >= 0.3 is 0 Å². The lowest BCUT2D eigenvalue weighted by molar-refractivity contribution is -0.137. The number of carbonyl (C=O) groups excluding carboxylic acids is 1. The number of nitrogens with zero attached hydrogens (tertiary/aromatic N) is 7. The van der Waals surface area contributed by atoms with E-state index in [4.69, 9.17) is 4.98 Å². The Balaban J connectivity index is 0.00000106. The normalized spacial score (nSPS) is 16.4. The lowest BCUT2D eigenvalue weighted by atomic mass is 9.88. The summed E-state index contributed by atoms with van der Waals surface area (Å²) in [5.74, 6) is 1.85. The molecule has 1 N–H and O–H groups in total. The predicted octanol–water partition coefficient (Wildman–Crippen LogP) is 5.89. The first-order valence-corrected chi connectivity index (χ1v) is 16.5. The van der Waals surface area contributed by atoms with Crippen LogP contribution in [-0.4, -0.2) is 86.1 Å². The van der Waals surface area contributed by atoms with Crippen molar-refractivity contribution in [3.63, 3.8) is 0 Å². The summed E-state index contributed by atoms with van der Waals surface area (Å²) in [6, 6.07) is 10.0. The highest BCUT2D eigenvalue weighted by atomic mass is 16.3. The zero-order valence-corrected chi connectivity index (χ0v) is 29.0. The lowest BCUT2D eigenvalue weighted by Crippen LogP contribution is -2.52. The number of pyridine rings is 2. The molecule has 44 heavy (non-hydrogen) atoms. The SMILES string of the molecule is CC.CC.CC.Cn1cc(C2(O)CCN(C(=O)CN3CCN(c4ccccn4)CC3)CC2)nc1-c1ccc(C(C)(C)C)cn1. The Kier molecular flexibility index (Phi) is 14.5. The number of piperidine rings is 1. The van der Waals surface area contributed by atoms with Crippen molar-refractivity contribution >= 4 is 11.7 Å². The molecule has 0 atom stereocenters. The van der Waals surface area contributed by atoms with E-state index in [2.05, 4.69) is 46.6 Å². The molecule has 0 unspecified atom stereocenters. The molecular formula is C35H57N7O2. The minimum Gasteiger partial charge on any atom is -0.383 e. The number of likely N-dealkylation sites (tertiary alicyclic amines) is 1. The molecule has 9 heteroatoms. The van der Waals surface area contributed by atoms with E-state index in [9.17, 15) is 9.90 Å². The van der Waals surface area contributed by atoms with Crippen molar-refractivity contribution < 1.29 is 9.90 Å². The minimum atomic E-state index is -1.05. The molecule has 0 radical (unpaired) electrons. The highest BCUT2D eigenvalue weighted by molar-refractivity contribution is 5.78. The van der Waals surface area contributed by atoms with E-state index in [-0.39, 0.29) is 11.3 Å². The summed E-state index contributed by atoms with van der Waals surface area (Å²) in [4.78, 5) is 33.3. The molecule has 0 spiro atoms. The zero-order chi connectivity index (χ0) is 32.9. The Morgan fingerprint density at radius 3 is 2.05 bits per heavy atom. The standard InChI is InChI=1S/C29H39N7O2.3C2H6/c1-28(2,3)22-8-9-23(31-19-22)27-32-24(20-33(27)4)29(38)10-13-36(14-11-29)26(37)21-34-15-17-35(18-16-34)25-7-5-6-12-30-25;3*1-2/h5-9,12,19-20,38H,10-11,13-18,21H2,1-4H3;3*1-2H3. The summed E-state index contributed by atoms with van der Waals surface area (Å²) < 4.78 is 1.93. The third kappa shape index (κ3) is 9.35. The quantitative estimate of drug-likeness (QED) is 0.387. The van der Waals surface area contributed by atoms with E-state index in [0.717, 1.165) is 43.5 Å². The van der Waals surface area contributed by atoms with E-state index in [1.54, 1.807) is 0 Å². The average Bonchev–Trinajstić information content (AvgIpc) is 3.47. The van der Waals surface area contributed by atoms with E-state index in [0.29, 0.717) is 38.2 Å². The molecule has 3 aromatic heterocycles. The molecule has 244 valence electrons. The van der Waals surface area contributed by atoms with Gasteiger partial charge in [-0.05, 0) is 42.0 Å². The Hall–Kier alpha value is -3.30. The highest BCUT2D eigenvalue weighted by Crippen LogP contribution is 2.34. The van der Waals surface area contributed by atoms with Crippen LogP contribution < -0.4 is 4.90 Å². The summed E-state index contributed by atoms with van der Waals surface area (Å²) in [5, 5.41) is 11.5. The van der Waals surface area contributed by atoms with Crippen LogP contribution in [0.1, 0.15) is 86.4 Å². The van der Waals surface area contributed by atoms with Gasteiger partial charge in [-0.3, -0.25) is 14.7 Å². The van der Waals surface area contributed by atoms with Gasteiger partial charge in [0.05, 0.1) is 12.2 Å². The number of aryl methyl sites for hydroxylation is 1. The maximum absolute atomic E-state index is 13.1. The number of anilines is 1. The number of rotatable bonds is 5. The third-order valence-electron chi connectivity index (χ3n) is 7.86. The van der Waals surface area contributed by atoms with E-state index >= 15 is 0 Å². The largest absolute Gasteiger partial charge is 0.383 e. The molecule has 2 aliphatic heterocycles. The van der Waals surface area contributed by atoms with Crippen LogP contribution in [0, 0.1) is 0 Å². The van der Waals surface area contributed by atoms with Crippen molar-refractivity contribution in [3.05, 3.63) is 60.2 Å². The van der Waals surface area contributed by atoms with Gasteiger partial charge in [-0.1, -0.05) is 74.4 Å². The van der Waals surface area contributed by atoms with Crippen LogP contribution in [0.25, 0.3) is 11.5 Å². The summed E-state index contributed by atoms with van der Waals surface area (Å²) in [6.07, 6.45) is 6.56. The second-order valence-corrected chi connectivity index (χ2v) is 11.6. The fourth-order valence-electron chi connectivity index (χ4n) is 5.25. The maximum Gasteiger partial charge on any atom is 0.236 e. The van der Waals surface area contributed by atoms with Gasteiger partial charge in [0.25, 0.3) is 0 Å². The van der Waals surface area contributed by atoms with Crippen LogP contribution in [0.15, 0.2) is 48.9 Å². The second-order valence-electron chi connectivity index (χ2n) is 11.6.